The van der Waals surface area contributed by atoms with Gasteiger partial charge in [-0.2, -0.15) is 0 Å². The maximum absolute atomic E-state index is 13.2. The Morgan fingerprint density at radius 1 is 1.00 bits per heavy atom. The van der Waals surface area contributed by atoms with Gasteiger partial charge in [-0.1, -0.05) is 59.3 Å². The van der Waals surface area contributed by atoms with Crippen LogP contribution in [0.2, 0.25) is 5.02 Å². The molecule has 0 atom stereocenters. The van der Waals surface area contributed by atoms with Crippen molar-refractivity contribution in [3.05, 3.63) is 89.2 Å². The van der Waals surface area contributed by atoms with Gasteiger partial charge in [-0.3, -0.25) is 9.69 Å². The lowest BCUT2D eigenvalue weighted by Gasteiger charge is -2.20. The number of aromatic nitrogens is 1. The number of anilines is 1. The van der Waals surface area contributed by atoms with E-state index in [0.717, 1.165) is 22.4 Å². The molecule has 4 rings (SSSR count). The zero-order valence-corrected chi connectivity index (χ0v) is 19.8. The third-order valence-electron chi connectivity index (χ3n) is 5.05. The molecule has 0 N–H and O–H groups in total. The lowest BCUT2D eigenvalue weighted by Crippen LogP contribution is -2.30. The largest absolute Gasteiger partial charge is 0.284 e. The molecule has 170 valence electrons. The Bertz CT molecular complexity index is 1370. The Morgan fingerprint density at radius 3 is 2.42 bits per heavy atom. The summed E-state index contributed by atoms with van der Waals surface area (Å²) >= 11 is 7.63. The molecule has 0 aliphatic carbocycles. The summed E-state index contributed by atoms with van der Waals surface area (Å²) in [6.45, 7) is 0.307. The third-order valence-corrected chi connectivity index (χ3v) is 8.22. The Kier molecular flexibility index (Phi) is 7.07. The van der Waals surface area contributed by atoms with Crippen molar-refractivity contribution in [2.24, 2.45) is 0 Å². The Morgan fingerprint density at radius 2 is 1.73 bits per heavy atom. The average molecular weight is 503 g/mol. The normalized spacial score (nSPS) is 11.6. The number of rotatable bonds is 8. The Labute approximate surface area is 200 Å². The van der Waals surface area contributed by atoms with E-state index in [1.54, 1.807) is 11.0 Å². The molecule has 5 nitrogen and oxygen atoms in total. The maximum Gasteiger partial charge on any atom is 0.229 e. The molecule has 1 amide bonds. The molecule has 0 bridgehead atoms. The first-order valence-electron chi connectivity index (χ1n) is 10.2. The van der Waals surface area contributed by atoms with Gasteiger partial charge in [-0.25, -0.2) is 17.8 Å². The maximum atomic E-state index is 13.2. The predicted molar refractivity (Wildman–Crippen MR) is 130 cm³/mol. The van der Waals surface area contributed by atoms with E-state index in [9.17, 15) is 17.6 Å². The third kappa shape index (κ3) is 5.58. The van der Waals surface area contributed by atoms with Gasteiger partial charge in [-0.05, 0) is 48.4 Å². The van der Waals surface area contributed by atoms with Crippen LogP contribution in [0.4, 0.5) is 9.52 Å². The molecule has 0 saturated heterocycles. The van der Waals surface area contributed by atoms with E-state index in [1.807, 2.05) is 42.5 Å². The number of benzene rings is 3. The second-order valence-electron chi connectivity index (χ2n) is 7.42. The summed E-state index contributed by atoms with van der Waals surface area (Å²) in [4.78, 5) is 19.4. The van der Waals surface area contributed by atoms with Gasteiger partial charge in [0.05, 0.1) is 26.9 Å². The first-order chi connectivity index (χ1) is 15.8. The zero-order valence-electron chi connectivity index (χ0n) is 17.4. The number of nitrogens with zero attached hydrogens (tertiary/aromatic N) is 2. The summed E-state index contributed by atoms with van der Waals surface area (Å²) in [5.74, 6) is -0.949. The monoisotopic (exact) mass is 502 g/mol. The highest BCUT2D eigenvalue weighted by atomic mass is 35.5. The molecule has 0 saturated carbocycles. The van der Waals surface area contributed by atoms with Crippen molar-refractivity contribution in [2.75, 3.05) is 10.7 Å². The van der Waals surface area contributed by atoms with Gasteiger partial charge in [0.15, 0.2) is 15.0 Å². The fourth-order valence-electron chi connectivity index (χ4n) is 3.36. The molecular weight excluding hydrogens is 483 g/mol. The summed E-state index contributed by atoms with van der Waals surface area (Å²) < 4.78 is 39.0. The van der Waals surface area contributed by atoms with Crippen molar-refractivity contribution < 1.29 is 17.6 Å². The molecule has 0 fully saturated rings. The minimum atomic E-state index is -3.62. The quantitative estimate of drug-likeness (QED) is 0.282. The molecular formula is C24H20ClFN2O3S2. The van der Waals surface area contributed by atoms with Crippen LogP contribution in [0.1, 0.15) is 18.4 Å². The second-order valence-corrected chi connectivity index (χ2v) is 11.0. The molecule has 0 spiro atoms. The van der Waals surface area contributed by atoms with Crippen LogP contribution in [-0.4, -0.2) is 25.1 Å². The number of hydrogen-bond acceptors (Lipinski definition) is 5. The van der Waals surface area contributed by atoms with Gasteiger partial charge in [0.25, 0.3) is 0 Å². The molecule has 9 heteroatoms. The van der Waals surface area contributed by atoms with Crippen LogP contribution in [0.5, 0.6) is 0 Å². The highest BCUT2D eigenvalue weighted by Gasteiger charge is 2.22. The number of fused-ring (bicyclic) bond motifs is 1. The predicted octanol–water partition coefficient (Wildman–Crippen LogP) is 5.88. The minimum absolute atomic E-state index is 0.0247. The van der Waals surface area contributed by atoms with E-state index >= 15 is 0 Å². The summed E-state index contributed by atoms with van der Waals surface area (Å²) in [7, 11) is -3.62. The number of carbonyl (C=O) groups excluding carboxylic acids is 1. The smallest absolute Gasteiger partial charge is 0.229 e. The average Bonchev–Trinajstić information content (AvgIpc) is 3.23. The topological polar surface area (TPSA) is 67.3 Å². The summed E-state index contributed by atoms with van der Waals surface area (Å²) in [6.07, 6.45) is 0.159. The van der Waals surface area contributed by atoms with Crippen molar-refractivity contribution in [2.45, 2.75) is 24.3 Å². The number of amides is 1. The molecule has 0 unspecified atom stereocenters. The molecule has 0 radical (unpaired) electrons. The van der Waals surface area contributed by atoms with Gasteiger partial charge < -0.3 is 0 Å². The minimum Gasteiger partial charge on any atom is -0.284 e. The van der Waals surface area contributed by atoms with Crippen LogP contribution >= 0.6 is 22.9 Å². The molecule has 1 heterocycles. The fourth-order valence-corrected chi connectivity index (χ4v) is 5.95. The lowest BCUT2D eigenvalue weighted by atomic mass is 10.2. The Balaban J connectivity index is 1.53. The van der Waals surface area contributed by atoms with E-state index in [4.69, 9.17) is 11.6 Å². The highest BCUT2D eigenvalue weighted by molar-refractivity contribution is 7.91. The summed E-state index contributed by atoms with van der Waals surface area (Å²) in [6, 6.07) is 19.7. The fraction of sp³-hybridized carbons (Fsp3) is 0.167. The lowest BCUT2D eigenvalue weighted by molar-refractivity contribution is -0.118. The van der Waals surface area contributed by atoms with Crippen LogP contribution in [0.25, 0.3) is 10.2 Å². The highest BCUT2D eigenvalue weighted by Crippen LogP contribution is 2.34. The van der Waals surface area contributed by atoms with Crippen LogP contribution < -0.4 is 4.90 Å². The van der Waals surface area contributed by atoms with Gasteiger partial charge in [-0.15, -0.1) is 0 Å². The van der Waals surface area contributed by atoms with Crippen LogP contribution in [-0.2, 0) is 21.2 Å². The number of carbonyl (C=O) groups is 1. The van der Waals surface area contributed by atoms with Gasteiger partial charge in [0.2, 0.25) is 5.91 Å². The molecule has 0 aliphatic rings. The van der Waals surface area contributed by atoms with Crippen LogP contribution in [0.15, 0.2) is 77.7 Å². The molecule has 33 heavy (non-hydrogen) atoms. The number of halogens is 2. The number of thiazole rings is 1. The molecule has 1 aromatic heterocycles. The SMILES string of the molecule is O=C(CCCS(=O)(=O)c1ccc(F)cc1)N(Cc1ccccc1)c1nc2c(Cl)cccc2s1. The van der Waals surface area contributed by atoms with Gasteiger partial charge in [0, 0.05) is 6.42 Å². The number of para-hydroxylation sites is 1. The van der Waals surface area contributed by atoms with Crippen molar-refractivity contribution in [3.8, 4) is 0 Å². The molecule has 3 aromatic carbocycles. The van der Waals surface area contributed by atoms with E-state index in [1.165, 1.54) is 23.5 Å². The van der Waals surface area contributed by atoms with Crippen molar-refractivity contribution in [1.82, 2.24) is 4.98 Å². The standard InChI is InChI=1S/C24H20ClFN2O3S2/c25-20-8-4-9-21-23(20)27-24(32-21)28(16-17-6-2-1-3-7-17)22(29)10-5-15-33(30,31)19-13-11-18(26)12-14-19/h1-4,6-9,11-14H,5,10,15-16H2. The molecule has 4 aromatic rings. The first-order valence-corrected chi connectivity index (χ1v) is 13.1. The van der Waals surface area contributed by atoms with Crippen molar-refractivity contribution in [1.29, 1.82) is 0 Å². The van der Waals surface area contributed by atoms with Gasteiger partial charge in [0.1, 0.15) is 11.3 Å². The Hall–Kier alpha value is -2.81. The number of sulfone groups is 1. The van der Waals surface area contributed by atoms with Crippen molar-refractivity contribution >= 4 is 54.0 Å². The van der Waals surface area contributed by atoms with E-state index < -0.39 is 15.7 Å². The number of hydrogen-bond donors (Lipinski definition) is 0. The van der Waals surface area contributed by atoms with E-state index in [0.29, 0.717) is 22.2 Å². The summed E-state index contributed by atoms with van der Waals surface area (Å²) in [5, 5.41) is 1.01. The van der Waals surface area contributed by atoms with Crippen LogP contribution in [0.3, 0.4) is 0 Å². The van der Waals surface area contributed by atoms with E-state index in [-0.39, 0.29) is 29.4 Å². The van der Waals surface area contributed by atoms with Gasteiger partial charge >= 0.3 is 0 Å². The summed E-state index contributed by atoms with van der Waals surface area (Å²) in [5.41, 5.74) is 1.55. The van der Waals surface area contributed by atoms with Crippen LogP contribution in [0, 0.1) is 5.82 Å². The van der Waals surface area contributed by atoms with E-state index in [2.05, 4.69) is 4.98 Å². The van der Waals surface area contributed by atoms with Crippen molar-refractivity contribution in [3.63, 3.8) is 0 Å². The second kappa shape index (κ2) is 9.99. The molecule has 0 aliphatic heterocycles. The zero-order chi connectivity index (χ0) is 23.4. The first kappa shape index (κ1) is 23.4.